The van der Waals surface area contributed by atoms with E-state index >= 15 is 0 Å². The molecule has 0 saturated heterocycles. The van der Waals surface area contributed by atoms with Crippen LogP contribution in [0.4, 0.5) is 0 Å². The molecule has 0 aromatic heterocycles. The molecule has 0 aliphatic heterocycles. The molecule has 0 aliphatic rings. The summed E-state index contributed by atoms with van der Waals surface area (Å²) in [5.41, 5.74) is 0. The smallest absolute Gasteiger partial charge is 0.0112 e. The van der Waals surface area contributed by atoms with Crippen LogP contribution in [0.5, 0.6) is 0 Å². The number of hydrogen-bond acceptors (Lipinski definition) is 1. The van der Waals surface area contributed by atoms with Gasteiger partial charge in [-0.05, 0) is 19.5 Å². The van der Waals surface area contributed by atoms with Crippen LogP contribution in [0.2, 0.25) is 0 Å². The molecule has 0 amide bonds. The highest BCUT2D eigenvalue weighted by Crippen LogP contribution is 1.93. The van der Waals surface area contributed by atoms with Gasteiger partial charge in [0.1, 0.15) is 0 Å². The van der Waals surface area contributed by atoms with E-state index in [1.165, 1.54) is 19.3 Å². The maximum atomic E-state index is 3.13. The Bertz CT molecular complexity index is 77.2. The Kier molecular flexibility index (Phi) is 42.2. The van der Waals surface area contributed by atoms with Crippen LogP contribution >= 0.6 is 0 Å². The predicted molar refractivity (Wildman–Crippen MR) is 64.9 cm³/mol. The molecule has 0 heterocycles. The lowest BCUT2D eigenvalue weighted by Crippen LogP contribution is -2.00. The molecule has 0 aliphatic carbocycles. The minimum Gasteiger partial charge on any atom is -0.391 e. The fourth-order valence-electron chi connectivity index (χ4n) is 0.606. The van der Waals surface area contributed by atoms with E-state index in [0.29, 0.717) is 0 Å². The molecule has 80 valence electrons. The molecule has 0 saturated carbocycles. The van der Waals surface area contributed by atoms with Gasteiger partial charge >= 0.3 is 0 Å². The first-order valence-corrected chi connectivity index (χ1v) is 5.30. The Morgan fingerprint density at radius 2 is 1.69 bits per heavy atom. The van der Waals surface area contributed by atoms with Crippen LogP contribution in [-0.2, 0) is 0 Å². The van der Waals surface area contributed by atoms with Gasteiger partial charge in [-0.25, -0.2) is 0 Å². The van der Waals surface area contributed by atoms with Crippen LogP contribution in [0.25, 0.3) is 0 Å². The average molecular weight is 185 g/mol. The van der Waals surface area contributed by atoms with Crippen molar-refractivity contribution in [1.82, 2.24) is 5.32 Å². The van der Waals surface area contributed by atoms with Crippen LogP contribution in [0, 0.1) is 0 Å². The molecule has 0 unspecified atom stereocenters. The lowest BCUT2D eigenvalue weighted by molar-refractivity contribution is 0.806. The summed E-state index contributed by atoms with van der Waals surface area (Å²) in [6.07, 6.45) is 8.03. The van der Waals surface area contributed by atoms with E-state index < -0.39 is 0 Å². The second kappa shape index (κ2) is 30.2. The lowest BCUT2D eigenvalue weighted by Gasteiger charge is -1.91. The van der Waals surface area contributed by atoms with Crippen molar-refractivity contribution in [3.63, 3.8) is 0 Å². The normalized spacial score (nSPS) is 8.00. The van der Waals surface area contributed by atoms with Crippen LogP contribution in [-0.4, -0.2) is 6.54 Å². The maximum absolute atomic E-state index is 3.13. The summed E-state index contributed by atoms with van der Waals surface area (Å²) in [5.74, 6) is 0. The van der Waals surface area contributed by atoms with E-state index in [1.807, 2.05) is 20.0 Å². The van der Waals surface area contributed by atoms with E-state index in [9.17, 15) is 0 Å². The molecule has 0 bridgehead atoms. The van der Waals surface area contributed by atoms with E-state index in [1.54, 1.807) is 0 Å². The Morgan fingerprint density at radius 1 is 1.15 bits per heavy atom. The van der Waals surface area contributed by atoms with Gasteiger partial charge in [-0.15, -0.1) is 13.2 Å². The number of unbranched alkanes of at least 4 members (excludes halogenated alkanes) is 2. The van der Waals surface area contributed by atoms with Crippen molar-refractivity contribution in [3.8, 4) is 0 Å². The SMILES string of the molecule is C=C.CC.CCCC/C=C\NCC. The van der Waals surface area contributed by atoms with Crippen molar-refractivity contribution in [2.45, 2.75) is 47.0 Å². The zero-order valence-corrected chi connectivity index (χ0v) is 9.90. The van der Waals surface area contributed by atoms with Crippen LogP contribution in [0.1, 0.15) is 47.0 Å². The zero-order valence-electron chi connectivity index (χ0n) is 9.90. The monoisotopic (exact) mass is 185 g/mol. The highest BCUT2D eigenvalue weighted by atomic mass is 14.8. The lowest BCUT2D eigenvalue weighted by atomic mass is 10.2. The Hall–Kier alpha value is -0.720. The first-order valence-electron chi connectivity index (χ1n) is 5.30. The molecule has 13 heavy (non-hydrogen) atoms. The van der Waals surface area contributed by atoms with E-state index in [-0.39, 0.29) is 0 Å². The van der Waals surface area contributed by atoms with Crippen LogP contribution in [0.15, 0.2) is 25.4 Å². The van der Waals surface area contributed by atoms with E-state index in [2.05, 4.69) is 38.4 Å². The third kappa shape index (κ3) is 34.8. The van der Waals surface area contributed by atoms with Gasteiger partial charge < -0.3 is 5.32 Å². The minimum atomic E-state index is 1.03. The second-order valence-electron chi connectivity index (χ2n) is 2.10. The largest absolute Gasteiger partial charge is 0.391 e. The molecular weight excluding hydrogens is 158 g/mol. The Labute approximate surface area is 84.9 Å². The van der Waals surface area contributed by atoms with Gasteiger partial charge in [0.15, 0.2) is 0 Å². The van der Waals surface area contributed by atoms with Crippen molar-refractivity contribution >= 4 is 0 Å². The summed E-state index contributed by atoms with van der Waals surface area (Å²) < 4.78 is 0. The van der Waals surface area contributed by atoms with Gasteiger partial charge in [-0.2, -0.15) is 0 Å². The summed E-state index contributed by atoms with van der Waals surface area (Å²) >= 11 is 0. The van der Waals surface area contributed by atoms with Gasteiger partial charge in [0, 0.05) is 6.54 Å². The third-order valence-corrected chi connectivity index (χ3v) is 1.16. The summed E-state index contributed by atoms with van der Waals surface area (Å²) in [5, 5.41) is 3.13. The van der Waals surface area contributed by atoms with Crippen LogP contribution < -0.4 is 5.32 Å². The summed E-state index contributed by atoms with van der Waals surface area (Å²) in [7, 11) is 0. The quantitative estimate of drug-likeness (QED) is 0.501. The minimum absolute atomic E-state index is 1.03. The molecule has 1 N–H and O–H groups in total. The van der Waals surface area contributed by atoms with Crippen molar-refractivity contribution in [1.29, 1.82) is 0 Å². The Balaban J connectivity index is -0.000000218. The zero-order chi connectivity index (χ0) is 10.9. The standard InChI is InChI=1S/C8H17N.C2H6.C2H4/c1-3-5-6-7-8-9-4-2;2*1-2/h7-9H,3-6H2,1-2H3;1-2H3;1-2H2/b8-7-;;. The molecular formula is C12H27N. The molecule has 0 spiro atoms. The number of hydrogen-bond donors (Lipinski definition) is 1. The van der Waals surface area contributed by atoms with Crippen molar-refractivity contribution in [2.24, 2.45) is 0 Å². The highest BCUT2D eigenvalue weighted by Gasteiger charge is 1.75. The summed E-state index contributed by atoms with van der Waals surface area (Å²) in [6, 6.07) is 0. The summed E-state index contributed by atoms with van der Waals surface area (Å²) in [4.78, 5) is 0. The number of allylic oxidation sites excluding steroid dienone is 1. The van der Waals surface area contributed by atoms with Gasteiger partial charge in [-0.3, -0.25) is 0 Å². The van der Waals surface area contributed by atoms with Gasteiger partial charge in [-0.1, -0.05) is 39.7 Å². The first kappa shape index (κ1) is 18.1. The Morgan fingerprint density at radius 3 is 2.08 bits per heavy atom. The van der Waals surface area contributed by atoms with E-state index in [0.717, 1.165) is 6.54 Å². The predicted octanol–water partition coefficient (Wildman–Crippen LogP) is 4.13. The number of nitrogens with one attached hydrogen (secondary N) is 1. The van der Waals surface area contributed by atoms with Gasteiger partial charge in [0.2, 0.25) is 0 Å². The van der Waals surface area contributed by atoms with Crippen molar-refractivity contribution in [2.75, 3.05) is 6.54 Å². The molecule has 0 atom stereocenters. The molecule has 0 fully saturated rings. The maximum Gasteiger partial charge on any atom is 0.0112 e. The van der Waals surface area contributed by atoms with Crippen molar-refractivity contribution < 1.29 is 0 Å². The first-order chi connectivity index (χ1) is 6.41. The topological polar surface area (TPSA) is 12.0 Å². The molecule has 1 nitrogen and oxygen atoms in total. The average Bonchev–Trinajstić information content (AvgIpc) is 2.24. The fraction of sp³-hybridized carbons (Fsp3) is 0.667. The molecule has 0 aromatic carbocycles. The van der Waals surface area contributed by atoms with Crippen LogP contribution in [0.3, 0.4) is 0 Å². The van der Waals surface area contributed by atoms with Gasteiger partial charge in [0.05, 0.1) is 0 Å². The highest BCUT2D eigenvalue weighted by molar-refractivity contribution is 4.78. The summed E-state index contributed by atoms with van der Waals surface area (Å²) in [6.45, 7) is 15.3. The fourth-order valence-corrected chi connectivity index (χ4v) is 0.606. The third-order valence-electron chi connectivity index (χ3n) is 1.16. The van der Waals surface area contributed by atoms with Gasteiger partial charge in [0.25, 0.3) is 0 Å². The van der Waals surface area contributed by atoms with E-state index in [4.69, 9.17) is 0 Å². The second-order valence-corrected chi connectivity index (χ2v) is 2.10. The molecule has 0 aromatic rings. The van der Waals surface area contributed by atoms with Crippen molar-refractivity contribution in [3.05, 3.63) is 25.4 Å². The molecule has 0 radical (unpaired) electrons. The molecule has 0 rings (SSSR count). The molecule has 1 heteroatoms. The number of rotatable bonds is 5.